The Bertz CT molecular complexity index is 451. The number of hydrogen-bond donors (Lipinski definition) is 0. The molecule has 0 fully saturated rings. The Hall–Kier alpha value is -0.710. The standard InChI is InChI=1S/C9H5BrOS.C2H6O/c10-7-2-1-6-3-8(5-11)12-9(6)4-7;1-3-2/h1-5H;1-2H3. The number of methoxy groups -OCH3 is 1. The number of fused-ring (bicyclic) bond motifs is 1. The summed E-state index contributed by atoms with van der Waals surface area (Å²) in [6, 6.07) is 7.90. The molecule has 1 aromatic carbocycles. The van der Waals surface area contributed by atoms with E-state index in [2.05, 4.69) is 20.7 Å². The Balaban J connectivity index is 0.000000337. The van der Waals surface area contributed by atoms with Crippen molar-refractivity contribution in [3.63, 3.8) is 0 Å². The summed E-state index contributed by atoms with van der Waals surface area (Å²) in [5.74, 6) is 0. The zero-order valence-electron chi connectivity index (χ0n) is 8.49. The maximum Gasteiger partial charge on any atom is 0.160 e. The number of halogens is 1. The SMILES string of the molecule is COC.O=Cc1cc2ccc(Br)cc2s1. The fraction of sp³-hybridized carbons (Fsp3) is 0.182. The van der Waals surface area contributed by atoms with Crippen LogP contribution in [0.3, 0.4) is 0 Å². The minimum atomic E-state index is 0.781. The minimum Gasteiger partial charge on any atom is -0.388 e. The first-order chi connectivity index (χ1) is 7.21. The average molecular weight is 287 g/mol. The lowest BCUT2D eigenvalue weighted by Crippen LogP contribution is -1.63. The predicted molar refractivity (Wildman–Crippen MR) is 67.8 cm³/mol. The van der Waals surface area contributed by atoms with Gasteiger partial charge in [0.25, 0.3) is 0 Å². The summed E-state index contributed by atoms with van der Waals surface area (Å²) in [5.41, 5.74) is 0. The van der Waals surface area contributed by atoms with Crippen molar-refractivity contribution < 1.29 is 9.53 Å². The lowest BCUT2D eigenvalue weighted by Gasteiger charge is -1.88. The molecule has 2 aromatic rings. The summed E-state index contributed by atoms with van der Waals surface area (Å²) < 4.78 is 6.45. The predicted octanol–water partition coefficient (Wildman–Crippen LogP) is 3.74. The molecule has 0 spiro atoms. The number of rotatable bonds is 1. The summed E-state index contributed by atoms with van der Waals surface area (Å²) in [6.45, 7) is 0. The molecule has 0 radical (unpaired) electrons. The van der Waals surface area contributed by atoms with Crippen LogP contribution in [0.5, 0.6) is 0 Å². The molecule has 1 aromatic heterocycles. The lowest BCUT2D eigenvalue weighted by molar-refractivity contribution is 0.112. The molecular weight excluding hydrogens is 276 g/mol. The molecule has 0 bridgehead atoms. The molecule has 1 heterocycles. The Morgan fingerprint density at radius 3 is 2.60 bits per heavy atom. The van der Waals surface area contributed by atoms with Gasteiger partial charge in [-0.2, -0.15) is 0 Å². The van der Waals surface area contributed by atoms with Gasteiger partial charge in [-0.1, -0.05) is 22.0 Å². The second kappa shape index (κ2) is 6.00. The van der Waals surface area contributed by atoms with Gasteiger partial charge in [-0.25, -0.2) is 0 Å². The van der Waals surface area contributed by atoms with E-state index in [9.17, 15) is 4.79 Å². The van der Waals surface area contributed by atoms with E-state index in [1.165, 1.54) is 11.3 Å². The number of thiophene rings is 1. The van der Waals surface area contributed by atoms with E-state index in [0.717, 1.165) is 25.7 Å². The zero-order chi connectivity index (χ0) is 11.3. The molecule has 15 heavy (non-hydrogen) atoms. The highest BCUT2D eigenvalue weighted by Crippen LogP contribution is 2.27. The number of carbonyl (C=O) groups is 1. The molecule has 2 rings (SSSR count). The Kier molecular flexibility index (Phi) is 4.94. The van der Waals surface area contributed by atoms with Crippen molar-refractivity contribution in [1.82, 2.24) is 0 Å². The van der Waals surface area contributed by atoms with E-state index < -0.39 is 0 Å². The largest absolute Gasteiger partial charge is 0.388 e. The van der Waals surface area contributed by atoms with Crippen LogP contribution in [-0.2, 0) is 4.74 Å². The highest BCUT2D eigenvalue weighted by molar-refractivity contribution is 9.10. The van der Waals surface area contributed by atoms with E-state index in [1.807, 2.05) is 24.3 Å². The van der Waals surface area contributed by atoms with E-state index in [4.69, 9.17) is 0 Å². The number of carbonyl (C=O) groups excluding carboxylic acids is 1. The molecule has 0 unspecified atom stereocenters. The number of benzene rings is 1. The van der Waals surface area contributed by atoms with Crippen LogP contribution in [0.25, 0.3) is 10.1 Å². The number of ether oxygens (including phenoxy) is 1. The van der Waals surface area contributed by atoms with Crippen LogP contribution in [0.4, 0.5) is 0 Å². The lowest BCUT2D eigenvalue weighted by atomic mass is 10.2. The quantitative estimate of drug-likeness (QED) is 0.747. The zero-order valence-corrected chi connectivity index (χ0v) is 10.9. The topological polar surface area (TPSA) is 26.3 Å². The third kappa shape index (κ3) is 3.41. The molecule has 0 saturated carbocycles. The fourth-order valence-corrected chi connectivity index (χ4v) is 2.51. The van der Waals surface area contributed by atoms with Gasteiger partial charge in [0, 0.05) is 23.4 Å². The van der Waals surface area contributed by atoms with Gasteiger partial charge in [0.2, 0.25) is 0 Å². The van der Waals surface area contributed by atoms with Crippen molar-refractivity contribution >= 4 is 43.6 Å². The molecule has 0 atom stereocenters. The van der Waals surface area contributed by atoms with Crippen molar-refractivity contribution in [3.05, 3.63) is 33.6 Å². The Morgan fingerprint density at radius 2 is 2.00 bits per heavy atom. The van der Waals surface area contributed by atoms with Gasteiger partial charge in [-0.15, -0.1) is 11.3 Å². The van der Waals surface area contributed by atoms with Crippen LogP contribution in [-0.4, -0.2) is 20.5 Å². The molecule has 0 aliphatic carbocycles. The Labute approximate surface area is 101 Å². The molecule has 0 aliphatic rings. The van der Waals surface area contributed by atoms with Crippen molar-refractivity contribution in [2.45, 2.75) is 0 Å². The van der Waals surface area contributed by atoms with Crippen LogP contribution >= 0.6 is 27.3 Å². The van der Waals surface area contributed by atoms with Crippen molar-refractivity contribution in [2.75, 3.05) is 14.2 Å². The van der Waals surface area contributed by atoms with E-state index in [0.29, 0.717) is 0 Å². The highest BCUT2D eigenvalue weighted by atomic mass is 79.9. The summed E-state index contributed by atoms with van der Waals surface area (Å²) in [7, 11) is 3.25. The second-order valence-electron chi connectivity index (χ2n) is 2.86. The smallest absolute Gasteiger partial charge is 0.160 e. The molecular formula is C11H11BrO2S. The van der Waals surface area contributed by atoms with E-state index in [1.54, 1.807) is 14.2 Å². The van der Waals surface area contributed by atoms with Crippen molar-refractivity contribution in [1.29, 1.82) is 0 Å². The summed E-state index contributed by atoms with van der Waals surface area (Å²) in [5, 5.41) is 1.13. The number of hydrogen-bond acceptors (Lipinski definition) is 3. The van der Waals surface area contributed by atoms with Crippen molar-refractivity contribution in [2.24, 2.45) is 0 Å². The van der Waals surface area contributed by atoms with E-state index in [-0.39, 0.29) is 0 Å². The van der Waals surface area contributed by atoms with Crippen LogP contribution in [0.1, 0.15) is 9.67 Å². The molecule has 0 aliphatic heterocycles. The third-order valence-electron chi connectivity index (χ3n) is 1.62. The van der Waals surface area contributed by atoms with Crippen LogP contribution in [0.2, 0.25) is 0 Å². The maximum atomic E-state index is 10.5. The Morgan fingerprint density at radius 1 is 1.33 bits per heavy atom. The summed E-state index contributed by atoms with van der Waals surface area (Å²) in [6.07, 6.45) is 0.887. The fourth-order valence-electron chi connectivity index (χ4n) is 1.08. The highest BCUT2D eigenvalue weighted by Gasteiger charge is 1.99. The van der Waals surface area contributed by atoms with Gasteiger partial charge in [0.15, 0.2) is 6.29 Å². The van der Waals surface area contributed by atoms with Crippen LogP contribution < -0.4 is 0 Å². The second-order valence-corrected chi connectivity index (χ2v) is 4.89. The van der Waals surface area contributed by atoms with Gasteiger partial charge >= 0.3 is 0 Å². The van der Waals surface area contributed by atoms with Gasteiger partial charge in [0.1, 0.15) is 0 Å². The van der Waals surface area contributed by atoms with Crippen LogP contribution in [0.15, 0.2) is 28.7 Å². The summed E-state index contributed by atoms with van der Waals surface area (Å²) >= 11 is 4.90. The molecule has 0 amide bonds. The van der Waals surface area contributed by atoms with Gasteiger partial charge < -0.3 is 4.74 Å². The molecule has 0 N–H and O–H groups in total. The average Bonchev–Trinajstić information content (AvgIpc) is 2.61. The molecule has 0 saturated heterocycles. The third-order valence-corrected chi connectivity index (χ3v) is 3.13. The van der Waals surface area contributed by atoms with E-state index >= 15 is 0 Å². The number of aldehydes is 1. The monoisotopic (exact) mass is 286 g/mol. The summed E-state index contributed by atoms with van der Waals surface area (Å²) in [4.78, 5) is 11.2. The molecule has 4 heteroatoms. The van der Waals surface area contributed by atoms with Gasteiger partial charge in [0.05, 0.1) is 4.88 Å². The van der Waals surface area contributed by atoms with Crippen molar-refractivity contribution in [3.8, 4) is 0 Å². The first-order valence-corrected chi connectivity index (χ1v) is 5.86. The first-order valence-electron chi connectivity index (χ1n) is 4.25. The van der Waals surface area contributed by atoms with Crippen LogP contribution in [0, 0.1) is 0 Å². The first kappa shape index (κ1) is 12.4. The van der Waals surface area contributed by atoms with Gasteiger partial charge in [-0.05, 0) is 23.6 Å². The minimum absolute atomic E-state index is 0.781. The molecule has 80 valence electrons. The van der Waals surface area contributed by atoms with Gasteiger partial charge in [-0.3, -0.25) is 4.79 Å². The maximum absolute atomic E-state index is 10.5. The normalized spacial score (nSPS) is 9.53. The molecule has 2 nitrogen and oxygen atoms in total.